The molecule has 18 heavy (non-hydrogen) atoms. The van der Waals surface area contributed by atoms with E-state index in [1.165, 1.54) is 0 Å². The van der Waals surface area contributed by atoms with E-state index in [4.69, 9.17) is 0 Å². The molecule has 1 atom stereocenters. The second kappa shape index (κ2) is 5.07. The van der Waals surface area contributed by atoms with Gasteiger partial charge in [-0.25, -0.2) is 0 Å². The maximum absolute atomic E-state index is 12.6. The van der Waals surface area contributed by atoms with Crippen LogP contribution < -0.4 is 0 Å². The van der Waals surface area contributed by atoms with Crippen molar-refractivity contribution in [3.8, 4) is 0 Å². The monoisotopic (exact) mass is 243 g/mol. The lowest BCUT2D eigenvalue weighted by Crippen LogP contribution is -2.28. The Hall–Kier alpha value is -1.41. The van der Waals surface area contributed by atoms with Crippen LogP contribution in [0.1, 0.15) is 25.3 Å². The third kappa shape index (κ3) is 2.54. The summed E-state index contributed by atoms with van der Waals surface area (Å²) in [6, 6.07) is 9.98. The number of nitrogens with zero attached hydrogens (tertiary/aromatic N) is 1. The Labute approximate surface area is 109 Å². The highest BCUT2D eigenvalue weighted by molar-refractivity contribution is 6.25. The minimum Gasteiger partial charge on any atom is -0.309 e. The van der Waals surface area contributed by atoms with Crippen molar-refractivity contribution in [2.75, 3.05) is 20.6 Å². The molecule has 1 aromatic rings. The lowest BCUT2D eigenvalue weighted by Gasteiger charge is -2.24. The van der Waals surface area contributed by atoms with E-state index < -0.39 is 0 Å². The Morgan fingerprint density at radius 1 is 1.22 bits per heavy atom. The zero-order valence-corrected chi connectivity index (χ0v) is 11.4. The smallest absolute Gasteiger partial charge is 0.169 e. The molecule has 0 saturated carbocycles. The average Bonchev–Trinajstić information content (AvgIpc) is 2.66. The van der Waals surface area contributed by atoms with E-state index >= 15 is 0 Å². The van der Waals surface area contributed by atoms with Crippen LogP contribution in [0.5, 0.6) is 0 Å². The van der Waals surface area contributed by atoms with Gasteiger partial charge in [0.2, 0.25) is 0 Å². The zero-order chi connectivity index (χ0) is 13.2. The van der Waals surface area contributed by atoms with Crippen molar-refractivity contribution in [3.63, 3.8) is 0 Å². The third-order valence-corrected chi connectivity index (χ3v) is 3.75. The van der Waals surface area contributed by atoms with Crippen molar-refractivity contribution in [3.05, 3.63) is 42.0 Å². The fourth-order valence-corrected chi connectivity index (χ4v) is 2.39. The molecule has 1 aliphatic rings. The second-order valence-electron chi connectivity index (χ2n) is 5.63. The number of carbonyl (C=O) groups is 1. The van der Waals surface area contributed by atoms with Gasteiger partial charge in [0.15, 0.2) is 5.78 Å². The topological polar surface area (TPSA) is 20.3 Å². The van der Waals surface area contributed by atoms with E-state index in [0.717, 1.165) is 30.5 Å². The van der Waals surface area contributed by atoms with Gasteiger partial charge in [0.05, 0.1) is 0 Å². The Kier molecular flexibility index (Phi) is 3.67. The molecule has 0 saturated heterocycles. The summed E-state index contributed by atoms with van der Waals surface area (Å²) in [5, 5.41) is 0. The van der Waals surface area contributed by atoms with Crippen molar-refractivity contribution in [1.82, 2.24) is 4.90 Å². The predicted molar refractivity (Wildman–Crippen MR) is 75.3 cm³/mol. The number of rotatable bonds is 4. The summed E-state index contributed by atoms with van der Waals surface area (Å²) in [5.41, 5.74) is 1.74. The highest BCUT2D eigenvalue weighted by atomic mass is 16.1. The fraction of sp³-hybridized carbons (Fsp3) is 0.438. The van der Waals surface area contributed by atoms with Gasteiger partial charge in [-0.2, -0.15) is 0 Å². The number of benzene rings is 1. The highest BCUT2D eigenvalue weighted by Gasteiger charge is 2.38. The Morgan fingerprint density at radius 2 is 1.89 bits per heavy atom. The standard InChI is InChI=1S/C16H21NO/c1-16(11-12-17(2)3)10-9-14(15(16)18)13-7-5-4-6-8-13/h4-9H,10-12H2,1-3H3. The summed E-state index contributed by atoms with van der Waals surface area (Å²) in [6.07, 6.45) is 3.89. The lowest BCUT2D eigenvalue weighted by atomic mass is 9.81. The summed E-state index contributed by atoms with van der Waals surface area (Å²) < 4.78 is 0. The number of Topliss-reactive ketones (excluding diaryl/α,β-unsaturated/α-hetero) is 1. The van der Waals surface area contributed by atoms with E-state index in [9.17, 15) is 4.79 Å². The first-order valence-corrected chi connectivity index (χ1v) is 6.48. The van der Waals surface area contributed by atoms with Gasteiger partial charge in [0, 0.05) is 11.0 Å². The fourth-order valence-electron chi connectivity index (χ4n) is 2.39. The van der Waals surface area contributed by atoms with E-state index in [1.54, 1.807) is 0 Å². The number of ketones is 1. The molecule has 2 nitrogen and oxygen atoms in total. The van der Waals surface area contributed by atoms with E-state index in [2.05, 4.69) is 17.9 Å². The second-order valence-corrected chi connectivity index (χ2v) is 5.63. The summed E-state index contributed by atoms with van der Waals surface area (Å²) in [6.45, 7) is 3.05. The molecule has 0 spiro atoms. The maximum Gasteiger partial charge on any atom is 0.169 e. The summed E-state index contributed by atoms with van der Waals surface area (Å²) in [7, 11) is 4.10. The van der Waals surface area contributed by atoms with Gasteiger partial charge in [0.25, 0.3) is 0 Å². The van der Waals surface area contributed by atoms with Gasteiger partial charge >= 0.3 is 0 Å². The number of hydrogen-bond acceptors (Lipinski definition) is 2. The van der Waals surface area contributed by atoms with Crippen LogP contribution in [0.15, 0.2) is 36.4 Å². The van der Waals surface area contributed by atoms with Crippen LogP contribution >= 0.6 is 0 Å². The largest absolute Gasteiger partial charge is 0.309 e. The van der Waals surface area contributed by atoms with E-state index in [-0.39, 0.29) is 5.41 Å². The number of carbonyl (C=O) groups excluding carboxylic acids is 1. The molecule has 1 aromatic carbocycles. The van der Waals surface area contributed by atoms with Crippen LogP contribution in [-0.2, 0) is 4.79 Å². The maximum atomic E-state index is 12.6. The number of hydrogen-bond donors (Lipinski definition) is 0. The van der Waals surface area contributed by atoms with Gasteiger partial charge in [0.1, 0.15) is 0 Å². The summed E-state index contributed by atoms with van der Waals surface area (Å²) >= 11 is 0. The Balaban J connectivity index is 2.13. The molecular formula is C16H21NO. The first-order chi connectivity index (χ1) is 8.53. The molecule has 0 N–H and O–H groups in total. The van der Waals surface area contributed by atoms with Crippen LogP contribution in [0.25, 0.3) is 5.57 Å². The molecule has 0 radical (unpaired) electrons. The molecule has 0 aliphatic heterocycles. The van der Waals surface area contributed by atoms with Crippen molar-refractivity contribution < 1.29 is 4.79 Å². The molecule has 0 heterocycles. The van der Waals surface area contributed by atoms with Gasteiger partial charge in [-0.3, -0.25) is 4.79 Å². The van der Waals surface area contributed by atoms with Crippen LogP contribution in [-0.4, -0.2) is 31.3 Å². The first kappa shape index (κ1) is 13.0. The zero-order valence-electron chi connectivity index (χ0n) is 11.4. The predicted octanol–water partition coefficient (Wildman–Crippen LogP) is 3.00. The number of allylic oxidation sites excluding steroid dienone is 2. The van der Waals surface area contributed by atoms with E-state index in [0.29, 0.717) is 5.78 Å². The quantitative estimate of drug-likeness (QED) is 0.810. The normalized spacial score (nSPS) is 23.6. The van der Waals surface area contributed by atoms with Gasteiger partial charge in [-0.15, -0.1) is 0 Å². The van der Waals surface area contributed by atoms with Crippen molar-refractivity contribution in [1.29, 1.82) is 0 Å². The molecule has 0 bridgehead atoms. The van der Waals surface area contributed by atoms with Gasteiger partial charge in [-0.05, 0) is 39.0 Å². The SMILES string of the molecule is CN(C)CCC1(C)CC=C(c2ccccc2)C1=O. The average molecular weight is 243 g/mol. The van der Waals surface area contributed by atoms with Crippen LogP contribution in [0.3, 0.4) is 0 Å². The van der Waals surface area contributed by atoms with Gasteiger partial charge < -0.3 is 4.90 Å². The van der Waals surface area contributed by atoms with Gasteiger partial charge in [-0.1, -0.05) is 43.3 Å². The van der Waals surface area contributed by atoms with Crippen LogP contribution in [0.4, 0.5) is 0 Å². The molecule has 1 unspecified atom stereocenters. The molecule has 2 heteroatoms. The van der Waals surface area contributed by atoms with Crippen molar-refractivity contribution >= 4 is 11.4 Å². The summed E-state index contributed by atoms with van der Waals surface area (Å²) in [4.78, 5) is 14.7. The molecule has 1 aliphatic carbocycles. The van der Waals surface area contributed by atoms with Crippen molar-refractivity contribution in [2.45, 2.75) is 19.8 Å². The third-order valence-electron chi connectivity index (χ3n) is 3.75. The van der Waals surface area contributed by atoms with Crippen LogP contribution in [0, 0.1) is 5.41 Å². The first-order valence-electron chi connectivity index (χ1n) is 6.48. The van der Waals surface area contributed by atoms with Crippen molar-refractivity contribution in [2.24, 2.45) is 5.41 Å². The Morgan fingerprint density at radius 3 is 2.50 bits per heavy atom. The minimum atomic E-state index is -0.213. The minimum absolute atomic E-state index is 0.213. The lowest BCUT2D eigenvalue weighted by molar-refractivity contribution is -0.121. The van der Waals surface area contributed by atoms with Crippen LogP contribution in [0.2, 0.25) is 0 Å². The molecular weight excluding hydrogens is 222 g/mol. The molecule has 0 amide bonds. The molecule has 0 aromatic heterocycles. The molecule has 96 valence electrons. The molecule has 2 rings (SSSR count). The van der Waals surface area contributed by atoms with E-state index in [1.807, 2.05) is 44.4 Å². The Bertz CT molecular complexity index is 461. The highest BCUT2D eigenvalue weighted by Crippen LogP contribution is 2.40. The summed E-state index contributed by atoms with van der Waals surface area (Å²) in [5.74, 6) is 0.301. The molecule has 0 fully saturated rings.